The van der Waals surface area contributed by atoms with E-state index in [1.165, 1.54) is 13.2 Å². The molecule has 1 aromatic carbocycles. The van der Waals surface area contributed by atoms with E-state index in [-0.39, 0.29) is 18.0 Å². The zero-order valence-corrected chi connectivity index (χ0v) is 19.5. The Kier molecular flexibility index (Phi) is 5.72. The molecule has 0 saturated heterocycles. The molecular formula is C26H31FN2O3. The standard InChI is InChI=1S/C26H31FN2O3/c1-14-7-8-17-16(3)20(27)12-22(24(17)15(14)2)28-21-9-10-29-23(21)11-19(26(4,5)31)18(13-32-6)25(29)30/h11-12,14,31H,2,7-10,13H2,1,3-6H3/t14-/m0/s1. The molecule has 170 valence electrons. The van der Waals surface area contributed by atoms with Crippen LogP contribution in [-0.2, 0) is 29.9 Å². The summed E-state index contributed by atoms with van der Waals surface area (Å²) in [7, 11) is 1.53. The van der Waals surface area contributed by atoms with Gasteiger partial charge in [0.15, 0.2) is 0 Å². The fraction of sp³-hybridized carbons (Fsp3) is 0.462. The minimum atomic E-state index is -1.21. The van der Waals surface area contributed by atoms with Gasteiger partial charge in [-0.05, 0) is 67.9 Å². The highest BCUT2D eigenvalue weighted by molar-refractivity contribution is 6.03. The van der Waals surface area contributed by atoms with Gasteiger partial charge in [-0.2, -0.15) is 0 Å². The Balaban J connectivity index is 1.92. The van der Waals surface area contributed by atoms with Crippen LogP contribution in [0.25, 0.3) is 5.57 Å². The molecule has 4 rings (SSSR count). The van der Waals surface area contributed by atoms with Gasteiger partial charge in [-0.3, -0.25) is 9.79 Å². The molecule has 1 aliphatic carbocycles. The number of aliphatic hydroxyl groups is 1. The monoisotopic (exact) mass is 438 g/mol. The SMILES string of the molecule is C=C1c2c(N=C3CCn4c3cc(C(C)(C)O)c(COC)c4=O)cc(F)c(C)c2CC[C@@H]1C. The quantitative estimate of drug-likeness (QED) is 0.747. The van der Waals surface area contributed by atoms with Crippen molar-refractivity contribution in [3.8, 4) is 0 Å². The molecule has 32 heavy (non-hydrogen) atoms. The average molecular weight is 439 g/mol. The van der Waals surface area contributed by atoms with Crippen LogP contribution in [0.2, 0.25) is 0 Å². The third kappa shape index (κ3) is 3.65. The van der Waals surface area contributed by atoms with E-state index < -0.39 is 5.60 Å². The number of hydrogen-bond acceptors (Lipinski definition) is 4. The van der Waals surface area contributed by atoms with Crippen LogP contribution in [0.1, 0.15) is 67.1 Å². The van der Waals surface area contributed by atoms with Gasteiger partial charge < -0.3 is 14.4 Å². The Morgan fingerprint density at radius 3 is 2.72 bits per heavy atom. The Bertz CT molecular complexity index is 1200. The smallest absolute Gasteiger partial charge is 0.257 e. The van der Waals surface area contributed by atoms with Crippen molar-refractivity contribution >= 4 is 17.0 Å². The Labute approximate surface area is 188 Å². The van der Waals surface area contributed by atoms with Crippen molar-refractivity contribution in [2.24, 2.45) is 10.9 Å². The maximum atomic E-state index is 14.8. The first-order chi connectivity index (χ1) is 15.0. The molecule has 0 amide bonds. The third-order valence-corrected chi connectivity index (χ3v) is 6.85. The van der Waals surface area contributed by atoms with E-state index in [1.807, 2.05) is 13.0 Å². The van der Waals surface area contributed by atoms with Crippen LogP contribution in [-0.4, -0.2) is 22.5 Å². The first kappa shape index (κ1) is 22.6. The highest BCUT2D eigenvalue weighted by Crippen LogP contribution is 2.42. The molecule has 2 aliphatic rings. The molecule has 0 bridgehead atoms. The van der Waals surface area contributed by atoms with Gasteiger partial charge in [0.25, 0.3) is 5.56 Å². The van der Waals surface area contributed by atoms with Gasteiger partial charge >= 0.3 is 0 Å². The number of hydrogen-bond donors (Lipinski definition) is 1. The van der Waals surface area contributed by atoms with E-state index in [0.717, 1.165) is 29.5 Å². The van der Waals surface area contributed by atoms with Crippen molar-refractivity contribution in [2.75, 3.05) is 7.11 Å². The largest absolute Gasteiger partial charge is 0.386 e. The predicted octanol–water partition coefficient (Wildman–Crippen LogP) is 4.79. The molecular weight excluding hydrogens is 407 g/mol. The van der Waals surface area contributed by atoms with Gasteiger partial charge in [0.2, 0.25) is 0 Å². The number of allylic oxidation sites excluding steroid dienone is 1. The molecule has 0 saturated carbocycles. The van der Waals surface area contributed by atoms with Crippen LogP contribution < -0.4 is 5.56 Å². The van der Waals surface area contributed by atoms with Crippen molar-refractivity contribution in [1.29, 1.82) is 0 Å². The number of rotatable bonds is 4. The first-order valence-electron chi connectivity index (χ1n) is 11.1. The summed E-state index contributed by atoms with van der Waals surface area (Å²) in [6, 6.07) is 3.32. The van der Waals surface area contributed by atoms with Gasteiger partial charge in [-0.1, -0.05) is 13.5 Å². The summed E-state index contributed by atoms with van der Waals surface area (Å²) in [5, 5.41) is 10.7. The summed E-state index contributed by atoms with van der Waals surface area (Å²) < 4.78 is 21.7. The van der Waals surface area contributed by atoms with Crippen LogP contribution in [0, 0.1) is 18.7 Å². The number of nitrogens with zero attached hydrogens (tertiary/aromatic N) is 2. The first-order valence-corrected chi connectivity index (χ1v) is 11.1. The fourth-order valence-corrected chi connectivity index (χ4v) is 4.91. The second-order valence-corrected chi connectivity index (χ2v) is 9.50. The topological polar surface area (TPSA) is 63.8 Å². The van der Waals surface area contributed by atoms with E-state index in [1.54, 1.807) is 18.4 Å². The number of ether oxygens (including phenoxy) is 1. The summed E-state index contributed by atoms with van der Waals surface area (Å²) in [6.07, 6.45) is 2.31. The molecule has 1 N–H and O–H groups in total. The minimum Gasteiger partial charge on any atom is -0.386 e. The number of methoxy groups -OCH3 is 1. The zero-order valence-electron chi connectivity index (χ0n) is 19.5. The maximum Gasteiger partial charge on any atom is 0.257 e. The second-order valence-electron chi connectivity index (χ2n) is 9.50. The van der Waals surface area contributed by atoms with E-state index in [9.17, 15) is 14.3 Å². The van der Waals surface area contributed by atoms with Crippen LogP contribution in [0.4, 0.5) is 10.1 Å². The van der Waals surface area contributed by atoms with Crippen molar-refractivity contribution in [3.05, 3.63) is 68.4 Å². The molecule has 5 nitrogen and oxygen atoms in total. The van der Waals surface area contributed by atoms with E-state index in [0.29, 0.717) is 52.7 Å². The minimum absolute atomic E-state index is 0.124. The lowest BCUT2D eigenvalue weighted by Gasteiger charge is -2.27. The number of benzene rings is 1. The van der Waals surface area contributed by atoms with Crippen molar-refractivity contribution < 1.29 is 14.2 Å². The van der Waals surface area contributed by atoms with E-state index in [4.69, 9.17) is 9.73 Å². The maximum absolute atomic E-state index is 14.8. The zero-order chi connectivity index (χ0) is 23.4. The predicted molar refractivity (Wildman–Crippen MR) is 125 cm³/mol. The highest BCUT2D eigenvalue weighted by atomic mass is 19.1. The normalized spacial score (nSPS) is 19.4. The Morgan fingerprint density at radius 1 is 1.34 bits per heavy atom. The molecule has 2 heterocycles. The molecule has 0 spiro atoms. The number of aliphatic imine (C=N–C) groups is 1. The van der Waals surface area contributed by atoms with E-state index in [2.05, 4.69) is 13.5 Å². The summed E-state index contributed by atoms with van der Waals surface area (Å²) in [6.45, 7) is 12.2. The van der Waals surface area contributed by atoms with Gasteiger partial charge in [-0.25, -0.2) is 4.39 Å². The van der Waals surface area contributed by atoms with Crippen LogP contribution in [0.15, 0.2) is 28.5 Å². The van der Waals surface area contributed by atoms with Gasteiger partial charge in [0.1, 0.15) is 5.82 Å². The average Bonchev–Trinajstić information content (AvgIpc) is 3.12. The van der Waals surface area contributed by atoms with Crippen LogP contribution >= 0.6 is 0 Å². The number of aromatic nitrogens is 1. The number of fused-ring (bicyclic) bond motifs is 2. The van der Waals surface area contributed by atoms with Crippen molar-refractivity contribution in [2.45, 2.75) is 65.7 Å². The van der Waals surface area contributed by atoms with Crippen LogP contribution in [0.5, 0.6) is 0 Å². The fourth-order valence-electron chi connectivity index (χ4n) is 4.91. The van der Waals surface area contributed by atoms with Crippen molar-refractivity contribution in [1.82, 2.24) is 4.57 Å². The van der Waals surface area contributed by atoms with Gasteiger partial charge in [-0.15, -0.1) is 0 Å². The molecule has 1 atom stereocenters. The number of pyridine rings is 1. The summed E-state index contributed by atoms with van der Waals surface area (Å²) >= 11 is 0. The Morgan fingerprint density at radius 2 is 2.06 bits per heavy atom. The summed E-state index contributed by atoms with van der Waals surface area (Å²) in [5.74, 6) is 0.0386. The molecule has 1 aromatic heterocycles. The molecule has 0 radical (unpaired) electrons. The lowest BCUT2D eigenvalue weighted by atomic mass is 9.78. The molecule has 6 heteroatoms. The third-order valence-electron chi connectivity index (χ3n) is 6.85. The summed E-state index contributed by atoms with van der Waals surface area (Å²) in [5.41, 5.74) is 5.10. The number of halogens is 1. The second kappa shape index (κ2) is 8.09. The van der Waals surface area contributed by atoms with E-state index >= 15 is 0 Å². The lowest BCUT2D eigenvalue weighted by Crippen LogP contribution is -2.31. The summed E-state index contributed by atoms with van der Waals surface area (Å²) in [4.78, 5) is 18.1. The van der Waals surface area contributed by atoms with Crippen LogP contribution in [0.3, 0.4) is 0 Å². The van der Waals surface area contributed by atoms with Gasteiger partial charge in [0, 0.05) is 37.3 Å². The molecule has 0 unspecified atom stereocenters. The lowest BCUT2D eigenvalue weighted by molar-refractivity contribution is 0.0741. The molecule has 2 aromatic rings. The Hall–Kier alpha value is -2.57. The highest BCUT2D eigenvalue weighted by Gasteiger charge is 2.30. The van der Waals surface area contributed by atoms with Gasteiger partial charge in [0.05, 0.1) is 29.3 Å². The van der Waals surface area contributed by atoms with Crippen molar-refractivity contribution in [3.63, 3.8) is 0 Å². The molecule has 0 fully saturated rings. The molecule has 1 aliphatic heterocycles.